The summed E-state index contributed by atoms with van der Waals surface area (Å²) in [5.41, 5.74) is 4.18. The molecule has 2 rings (SSSR count). The second kappa shape index (κ2) is 4.51. The van der Waals surface area contributed by atoms with Crippen LogP contribution in [-0.2, 0) is 0 Å². The first-order valence-electron chi connectivity index (χ1n) is 5.50. The molecule has 0 radical (unpaired) electrons. The van der Waals surface area contributed by atoms with Gasteiger partial charge in [0.25, 0.3) is 5.92 Å². The highest BCUT2D eigenvalue weighted by atomic mass is 19.3. The summed E-state index contributed by atoms with van der Waals surface area (Å²) in [6.07, 6.45) is -2.76. The Morgan fingerprint density at radius 1 is 1.42 bits per heavy atom. The number of hydrogen-bond acceptors (Lipinski definition) is 6. The molecule has 0 saturated heterocycles. The predicted molar refractivity (Wildman–Crippen MR) is 59.5 cm³/mol. The predicted octanol–water partition coefficient (Wildman–Crippen LogP) is -1.65. The van der Waals surface area contributed by atoms with Crippen molar-refractivity contribution in [2.75, 3.05) is 12.3 Å². The Balaban J connectivity index is 2.52. The van der Waals surface area contributed by atoms with Crippen molar-refractivity contribution in [3.05, 3.63) is 22.7 Å². The lowest BCUT2D eigenvalue weighted by Crippen LogP contribution is -2.41. The smallest absolute Gasteiger partial charge is 0.350 e. The number of nitrogens with zero attached hydrogens (tertiary/aromatic N) is 2. The summed E-state index contributed by atoms with van der Waals surface area (Å²) in [6.45, 7) is -1.02. The molecule has 1 aromatic heterocycles. The van der Waals surface area contributed by atoms with E-state index in [0.717, 1.165) is 12.3 Å². The zero-order chi connectivity index (χ0) is 14.4. The molecule has 1 aromatic rings. The molecule has 1 heterocycles. The molecule has 0 unspecified atom stereocenters. The first-order chi connectivity index (χ1) is 8.80. The zero-order valence-corrected chi connectivity index (χ0v) is 9.65. The van der Waals surface area contributed by atoms with Crippen molar-refractivity contribution in [3.8, 4) is 0 Å². The fourth-order valence-electron chi connectivity index (χ4n) is 2.32. The summed E-state index contributed by atoms with van der Waals surface area (Å²) >= 11 is 0. The van der Waals surface area contributed by atoms with Crippen molar-refractivity contribution in [1.29, 1.82) is 0 Å². The molecule has 19 heavy (non-hydrogen) atoms. The molecule has 1 aliphatic carbocycles. The molecular weight excluding hydrogens is 264 g/mol. The van der Waals surface area contributed by atoms with Crippen molar-refractivity contribution in [2.24, 2.45) is 5.92 Å². The SMILES string of the molecule is Nc1ccn([C@H]2[C@H](O)[C@H](O)[C@@H](CO)C2(F)F)c(=O)n1. The van der Waals surface area contributed by atoms with Gasteiger partial charge in [-0.2, -0.15) is 4.98 Å². The molecule has 1 fully saturated rings. The highest BCUT2D eigenvalue weighted by Crippen LogP contribution is 2.47. The van der Waals surface area contributed by atoms with E-state index >= 15 is 0 Å². The van der Waals surface area contributed by atoms with E-state index in [0.29, 0.717) is 4.57 Å². The molecule has 0 aliphatic heterocycles. The number of hydrogen-bond donors (Lipinski definition) is 4. The Labute approximate surface area is 105 Å². The van der Waals surface area contributed by atoms with E-state index < -0.39 is 42.4 Å². The molecule has 4 atom stereocenters. The van der Waals surface area contributed by atoms with Crippen LogP contribution < -0.4 is 11.4 Å². The van der Waals surface area contributed by atoms with Gasteiger partial charge in [-0.15, -0.1) is 0 Å². The third kappa shape index (κ3) is 1.99. The summed E-state index contributed by atoms with van der Waals surface area (Å²) in [5.74, 6) is -5.65. The van der Waals surface area contributed by atoms with E-state index in [2.05, 4.69) is 4.98 Å². The van der Waals surface area contributed by atoms with Crippen LogP contribution in [0.25, 0.3) is 0 Å². The molecule has 7 nitrogen and oxygen atoms in total. The van der Waals surface area contributed by atoms with Gasteiger partial charge in [-0.1, -0.05) is 0 Å². The van der Waals surface area contributed by atoms with Crippen LogP contribution in [0.5, 0.6) is 0 Å². The summed E-state index contributed by atoms with van der Waals surface area (Å²) in [7, 11) is 0. The summed E-state index contributed by atoms with van der Waals surface area (Å²) in [5, 5.41) is 28.1. The van der Waals surface area contributed by atoms with Gasteiger partial charge < -0.3 is 21.1 Å². The van der Waals surface area contributed by atoms with Crippen LogP contribution in [0, 0.1) is 5.92 Å². The van der Waals surface area contributed by atoms with Gasteiger partial charge in [0.05, 0.1) is 18.6 Å². The van der Waals surface area contributed by atoms with Crippen LogP contribution >= 0.6 is 0 Å². The van der Waals surface area contributed by atoms with E-state index in [-0.39, 0.29) is 5.82 Å². The Morgan fingerprint density at radius 2 is 2.05 bits per heavy atom. The number of nitrogens with two attached hydrogens (primary N) is 1. The van der Waals surface area contributed by atoms with Gasteiger partial charge >= 0.3 is 5.69 Å². The number of aliphatic hydroxyl groups excluding tert-OH is 3. The third-order valence-corrected chi connectivity index (χ3v) is 3.32. The number of aliphatic hydroxyl groups is 3. The Bertz CT molecular complexity index is 536. The number of halogens is 2. The lowest BCUT2D eigenvalue weighted by atomic mass is 10.0. The molecule has 1 saturated carbocycles. The minimum Gasteiger partial charge on any atom is -0.396 e. The summed E-state index contributed by atoms with van der Waals surface area (Å²) in [4.78, 5) is 14.8. The molecule has 0 bridgehead atoms. The number of anilines is 1. The molecule has 5 N–H and O–H groups in total. The van der Waals surface area contributed by atoms with Crippen molar-refractivity contribution >= 4 is 5.82 Å². The standard InChI is InChI=1S/C10H13F2N3O4/c11-10(12)4(3-16)6(17)7(18)8(10)15-2-1-5(13)14-9(15)19/h1-2,4,6-8,16-18H,3H2,(H2,13,14,19)/t4-,6-,7-,8+/m1/s1. The first-order valence-corrected chi connectivity index (χ1v) is 5.50. The number of alkyl halides is 2. The molecule has 0 amide bonds. The van der Waals surface area contributed by atoms with E-state index in [1.165, 1.54) is 0 Å². The van der Waals surface area contributed by atoms with Gasteiger partial charge in [0.2, 0.25) is 0 Å². The highest BCUT2D eigenvalue weighted by molar-refractivity contribution is 5.24. The van der Waals surface area contributed by atoms with Crippen molar-refractivity contribution in [3.63, 3.8) is 0 Å². The first kappa shape index (κ1) is 13.8. The topological polar surface area (TPSA) is 122 Å². The highest BCUT2D eigenvalue weighted by Gasteiger charge is 2.63. The van der Waals surface area contributed by atoms with E-state index in [1.807, 2.05) is 0 Å². The lowest BCUT2D eigenvalue weighted by Gasteiger charge is -2.25. The molecule has 106 valence electrons. The van der Waals surface area contributed by atoms with Gasteiger partial charge in [-0.3, -0.25) is 4.57 Å². The van der Waals surface area contributed by atoms with E-state index in [4.69, 9.17) is 10.8 Å². The quantitative estimate of drug-likeness (QED) is 0.513. The summed E-state index contributed by atoms with van der Waals surface area (Å²) in [6, 6.07) is -0.872. The van der Waals surface area contributed by atoms with Crippen molar-refractivity contribution in [2.45, 2.75) is 24.2 Å². The fourth-order valence-corrected chi connectivity index (χ4v) is 2.32. The van der Waals surface area contributed by atoms with E-state index in [1.54, 1.807) is 0 Å². The van der Waals surface area contributed by atoms with Crippen molar-refractivity contribution in [1.82, 2.24) is 9.55 Å². The zero-order valence-electron chi connectivity index (χ0n) is 9.65. The minimum atomic E-state index is -3.66. The second-order valence-electron chi connectivity index (χ2n) is 4.43. The summed E-state index contributed by atoms with van der Waals surface area (Å²) < 4.78 is 28.6. The Morgan fingerprint density at radius 3 is 2.53 bits per heavy atom. The largest absolute Gasteiger partial charge is 0.396 e. The molecule has 0 aromatic carbocycles. The van der Waals surface area contributed by atoms with Crippen LogP contribution in [0.4, 0.5) is 14.6 Å². The Hall–Kier alpha value is -1.58. The molecule has 1 aliphatic rings. The number of aromatic nitrogens is 2. The third-order valence-electron chi connectivity index (χ3n) is 3.32. The maximum absolute atomic E-state index is 14.0. The van der Waals surface area contributed by atoms with Crippen LogP contribution in [0.2, 0.25) is 0 Å². The second-order valence-corrected chi connectivity index (χ2v) is 4.43. The van der Waals surface area contributed by atoms with Gasteiger partial charge in [0, 0.05) is 6.20 Å². The molecule has 0 spiro atoms. The normalized spacial score (nSPS) is 33.5. The van der Waals surface area contributed by atoms with Gasteiger partial charge in [0.1, 0.15) is 18.0 Å². The maximum Gasteiger partial charge on any atom is 0.350 e. The Kier molecular flexibility index (Phi) is 3.29. The monoisotopic (exact) mass is 277 g/mol. The molecular formula is C10H13F2N3O4. The maximum atomic E-state index is 14.0. The number of rotatable bonds is 2. The van der Waals surface area contributed by atoms with Crippen molar-refractivity contribution < 1.29 is 24.1 Å². The van der Waals surface area contributed by atoms with Crippen LogP contribution in [0.15, 0.2) is 17.1 Å². The van der Waals surface area contributed by atoms with Gasteiger partial charge in [-0.25, -0.2) is 13.6 Å². The average Bonchev–Trinajstić information content (AvgIpc) is 2.47. The number of nitrogen functional groups attached to an aromatic ring is 1. The van der Waals surface area contributed by atoms with Gasteiger partial charge in [0.15, 0.2) is 0 Å². The average molecular weight is 277 g/mol. The lowest BCUT2D eigenvalue weighted by molar-refractivity contribution is -0.102. The van der Waals surface area contributed by atoms with Crippen LogP contribution in [0.3, 0.4) is 0 Å². The fraction of sp³-hybridized carbons (Fsp3) is 0.600. The van der Waals surface area contributed by atoms with Gasteiger partial charge in [-0.05, 0) is 6.07 Å². The van der Waals surface area contributed by atoms with Crippen LogP contribution in [0.1, 0.15) is 6.04 Å². The van der Waals surface area contributed by atoms with E-state index in [9.17, 15) is 23.8 Å². The molecule has 9 heteroatoms. The minimum absolute atomic E-state index is 0.142. The van der Waals surface area contributed by atoms with Crippen LogP contribution in [-0.4, -0.2) is 49.6 Å².